The second-order valence-electron chi connectivity index (χ2n) is 7.56. The molecule has 3 rings (SSSR count). The lowest BCUT2D eigenvalue weighted by Gasteiger charge is -2.26. The minimum atomic E-state index is -3.86. The van der Waals surface area contributed by atoms with E-state index < -0.39 is 16.1 Å². The van der Waals surface area contributed by atoms with Gasteiger partial charge in [0.1, 0.15) is 17.6 Å². The molecule has 29 heavy (non-hydrogen) atoms. The third-order valence-electron chi connectivity index (χ3n) is 4.81. The van der Waals surface area contributed by atoms with Gasteiger partial charge in [-0.15, -0.1) is 0 Å². The minimum absolute atomic E-state index is 0.138. The van der Waals surface area contributed by atoms with Gasteiger partial charge in [0.2, 0.25) is 15.9 Å². The summed E-state index contributed by atoms with van der Waals surface area (Å²) in [5.74, 6) is 0.883. The number of fused-ring (bicyclic) bond motifs is 1. The van der Waals surface area contributed by atoms with Crippen LogP contribution in [0.5, 0.6) is 0 Å². The molecule has 154 valence electrons. The molecule has 7 heteroatoms. The van der Waals surface area contributed by atoms with Crippen molar-refractivity contribution in [2.24, 2.45) is 5.92 Å². The Balaban J connectivity index is 1.81. The highest BCUT2D eigenvalue weighted by Gasteiger charge is 2.30. The van der Waals surface area contributed by atoms with Crippen LogP contribution >= 0.6 is 0 Å². The zero-order valence-electron chi connectivity index (χ0n) is 17.0. The van der Waals surface area contributed by atoms with E-state index in [-0.39, 0.29) is 23.3 Å². The average molecular weight is 415 g/mol. The van der Waals surface area contributed by atoms with Gasteiger partial charge >= 0.3 is 0 Å². The van der Waals surface area contributed by atoms with E-state index in [2.05, 4.69) is 4.72 Å². The molecule has 0 unspecified atom stereocenters. The Morgan fingerprint density at radius 2 is 1.76 bits per heavy atom. The number of hydrogen-bond donors (Lipinski definition) is 1. The molecule has 0 bridgehead atoms. The summed E-state index contributed by atoms with van der Waals surface area (Å²) in [6.07, 6.45) is 0. The predicted octanol–water partition coefficient (Wildman–Crippen LogP) is 3.70. The second-order valence-corrected chi connectivity index (χ2v) is 9.27. The summed E-state index contributed by atoms with van der Waals surface area (Å²) in [6.45, 7) is 5.74. The molecule has 0 radical (unpaired) electrons. The number of hydrogen-bond acceptors (Lipinski definition) is 4. The number of carbonyl (C=O) groups excluding carboxylic acids is 1. The van der Waals surface area contributed by atoms with Crippen LogP contribution in [0.3, 0.4) is 0 Å². The SMILES string of the molecule is Cc1ccc(CN(C)C(=O)[C@H](NS(=O)(=O)c2ccc3ccccc3c2)C(C)C)o1. The van der Waals surface area contributed by atoms with E-state index in [9.17, 15) is 13.2 Å². The lowest BCUT2D eigenvalue weighted by atomic mass is 10.0. The van der Waals surface area contributed by atoms with Crippen LogP contribution in [0.15, 0.2) is 63.9 Å². The highest BCUT2D eigenvalue weighted by atomic mass is 32.2. The van der Waals surface area contributed by atoms with Crippen molar-refractivity contribution in [3.63, 3.8) is 0 Å². The van der Waals surface area contributed by atoms with Crippen molar-refractivity contribution in [3.05, 3.63) is 66.1 Å². The first-order valence-electron chi connectivity index (χ1n) is 9.49. The molecule has 1 heterocycles. The van der Waals surface area contributed by atoms with Crippen molar-refractivity contribution in [1.82, 2.24) is 9.62 Å². The van der Waals surface area contributed by atoms with Crippen LogP contribution in [0.1, 0.15) is 25.4 Å². The largest absolute Gasteiger partial charge is 0.464 e. The maximum absolute atomic E-state index is 13.0. The standard InChI is InChI=1S/C22H26N2O4S/c1-15(2)21(22(25)24(4)14-19-11-9-16(3)28-19)23-29(26,27)20-12-10-17-7-5-6-8-18(17)13-20/h5-13,15,21,23H,14H2,1-4H3/t21-/m1/s1. The molecule has 3 aromatic rings. The van der Waals surface area contributed by atoms with Crippen molar-refractivity contribution in [1.29, 1.82) is 0 Å². The number of sulfonamides is 1. The first-order chi connectivity index (χ1) is 13.7. The fourth-order valence-corrected chi connectivity index (χ4v) is 4.53. The van der Waals surface area contributed by atoms with Crippen molar-refractivity contribution < 1.29 is 17.6 Å². The summed E-state index contributed by atoms with van der Waals surface area (Å²) in [5.41, 5.74) is 0. The molecule has 1 aromatic heterocycles. The molecule has 0 aliphatic heterocycles. The van der Waals surface area contributed by atoms with Gasteiger partial charge in [-0.05, 0) is 47.9 Å². The summed E-state index contributed by atoms with van der Waals surface area (Å²) in [6, 6.07) is 15.2. The van der Waals surface area contributed by atoms with Crippen LogP contribution in [0, 0.1) is 12.8 Å². The third kappa shape index (κ3) is 4.86. The molecule has 0 aliphatic carbocycles. The fourth-order valence-electron chi connectivity index (χ4n) is 3.16. The number of carbonyl (C=O) groups is 1. The predicted molar refractivity (Wildman–Crippen MR) is 113 cm³/mol. The van der Waals surface area contributed by atoms with Crippen molar-refractivity contribution >= 4 is 26.7 Å². The van der Waals surface area contributed by atoms with E-state index in [1.54, 1.807) is 25.2 Å². The molecule has 0 aliphatic rings. The number of aryl methyl sites for hydroxylation is 1. The molecular weight excluding hydrogens is 388 g/mol. The Labute approximate surface area is 171 Å². The molecule has 2 aromatic carbocycles. The van der Waals surface area contributed by atoms with E-state index in [1.165, 1.54) is 4.90 Å². The van der Waals surface area contributed by atoms with E-state index >= 15 is 0 Å². The van der Waals surface area contributed by atoms with Crippen LogP contribution in [-0.2, 0) is 21.4 Å². The number of nitrogens with one attached hydrogen (secondary N) is 1. The second kappa shape index (κ2) is 8.39. The normalized spacial score (nSPS) is 13.0. The quantitative estimate of drug-likeness (QED) is 0.639. The first kappa shape index (κ1) is 21.1. The van der Waals surface area contributed by atoms with Crippen molar-refractivity contribution in [2.45, 2.75) is 38.3 Å². The summed E-state index contributed by atoms with van der Waals surface area (Å²) in [4.78, 5) is 14.6. The summed E-state index contributed by atoms with van der Waals surface area (Å²) in [7, 11) is -2.23. The van der Waals surface area contributed by atoms with E-state index in [4.69, 9.17) is 4.42 Å². The first-order valence-corrected chi connectivity index (χ1v) is 11.0. The monoisotopic (exact) mass is 414 g/mol. The van der Waals surface area contributed by atoms with Gasteiger partial charge in [-0.2, -0.15) is 4.72 Å². The van der Waals surface area contributed by atoms with Crippen LogP contribution in [0.4, 0.5) is 0 Å². The highest BCUT2D eigenvalue weighted by Crippen LogP contribution is 2.20. The van der Waals surface area contributed by atoms with Crippen LogP contribution in [0.2, 0.25) is 0 Å². The molecule has 1 atom stereocenters. The number of rotatable bonds is 7. The molecule has 0 spiro atoms. The van der Waals surface area contributed by atoms with Crippen molar-refractivity contribution in [3.8, 4) is 0 Å². The molecule has 0 saturated carbocycles. The van der Waals surface area contributed by atoms with Crippen LogP contribution in [-0.4, -0.2) is 32.3 Å². The summed E-state index contributed by atoms with van der Waals surface area (Å²) >= 11 is 0. The van der Waals surface area contributed by atoms with Gasteiger partial charge in [-0.1, -0.05) is 44.2 Å². The summed E-state index contributed by atoms with van der Waals surface area (Å²) in [5, 5.41) is 1.78. The van der Waals surface area contributed by atoms with Crippen LogP contribution in [0.25, 0.3) is 10.8 Å². The van der Waals surface area contributed by atoms with Crippen LogP contribution < -0.4 is 4.72 Å². The van der Waals surface area contributed by atoms with Gasteiger partial charge in [-0.3, -0.25) is 4.79 Å². The zero-order valence-corrected chi connectivity index (χ0v) is 17.9. The van der Waals surface area contributed by atoms with E-state index in [0.29, 0.717) is 5.76 Å². The smallest absolute Gasteiger partial charge is 0.241 e. The number of amides is 1. The topological polar surface area (TPSA) is 79.6 Å². The molecule has 1 N–H and O–H groups in total. The Kier molecular flexibility index (Phi) is 6.10. The van der Waals surface area contributed by atoms with Gasteiger partial charge in [0.05, 0.1) is 11.4 Å². The zero-order chi connectivity index (χ0) is 21.2. The van der Waals surface area contributed by atoms with Gasteiger partial charge in [0, 0.05) is 7.05 Å². The van der Waals surface area contributed by atoms with E-state index in [1.807, 2.05) is 57.2 Å². The number of nitrogens with zero attached hydrogens (tertiary/aromatic N) is 1. The van der Waals surface area contributed by atoms with Gasteiger partial charge in [0.15, 0.2) is 0 Å². The Morgan fingerprint density at radius 3 is 2.38 bits per heavy atom. The lowest BCUT2D eigenvalue weighted by molar-refractivity contribution is -0.133. The molecule has 0 fully saturated rings. The molecule has 0 saturated heterocycles. The van der Waals surface area contributed by atoms with Crippen molar-refractivity contribution in [2.75, 3.05) is 7.05 Å². The number of benzene rings is 2. The Bertz CT molecular complexity index is 1120. The Hall–Kier alpha value is -2.64. The maximum atomic E-state index is 13.0. The third-order valence-corrected chi connectivity index (χ3v) is 6.25. The van der Waals surface area contributed by atoms with Gasteiger partial charge in [0.25, 0.3) is 0 Å². The average Bonchev–Trinajstić information content (AvgIpc) is 3.09. The van der Waals surface area contributed by atoms with Gasteiger partial charge in [-0.25, -0.2) is 8.42 Å². The summed E-state index contributed by atoms with van der Waals surface area (Å²) < 4.78 is 34.1. The highest BCUT2D eigenvalue weighted by molar-refractivity contribution is 7.89. The number of furan rings is 1. The fraction of sp³-hybridized carbons (Fsp3) is 0.318. The maximum Gasteiger partial charge on any atom is 0.241 e. The Morgan fingerprint density at radius 1 is 1.07 bits per heavy atom. The molecule has 1 amide bonds. The molecular formula is C22H26N2O4S. The molecule has 6 nitrogen and oxygen atoms in total. The minimum Gasteiger partial charge on any atom is -0.464 e. The van der Waals surface area contributed by atoms with Gasteiger partial charge < -0.3 is 9.32 Å². The number of likely N-dealkylation sites (N-methyl/N-ethyl adjacent to an activating group) is 1. The van der Waals surface area contributed by atoms with E-state index in [0.717, 1.165) is 16.5 Å². The lowest BCUT2D eigenvalue weighted by Crippen LogP contribution is -2.49.